The van der Waals surface area contributed by atoms with E-state index in [1.54, 1.807) is 0 Å². The van der Waals surface area contributed by atoms with Crippen molar-refractivity contribution in [1.82, 2.24) is 4.90 Å². The Balaban J connectivity index is 2.08. The number of piperidine rings is 1. The number of carbonyl (C=O) groups is 1. The summed E-state index contributed by atoms with van der Waals surface area (Å²) in [6.45, 7) is 8.73. The molecule has 0 aromatic rings. The molecule has 0 radical (unpaired) electrons. The lowest BCUT2D eigenvalue weighted by atomic mass is 9.72. The first-order chi connectivity index (χ1) is 10.8. The number of hydrogen-bond acceptors (Lipinski definition) is 3. The van der Waals surface area contributed by atoms with E-state index in [2.05, 4.69) is 6.92 Å². The first-order valence-corrected chi connectivity index (χ1v) is 9.49. The molecule has 4 heteroatoms. The Labute approximate surface area is 141 Å². The molecule has 4 atom stereocenters. The van der Waals surface area contributed by atoms with E-state index in [1.807, 2.05) is 25.7 Å². The van der Waals surface area contributed by atoms with Crippen LogP contribution in [-0.2, 0) is 4.74 Å². The number of aliphatic hydroxyl groups excluding tert-OH is 1. The normalized spacial score (nSPS) is 32.7. The number of amides is 1. The highest BCUT2D eigenvalue weighted by molar-refractivity contribution is 5.68. The zero-order valence-electron chi connectivity index (χ0n) is 15.4. The molecule has 2 rings (SSSR count). The number of rotatable bonds is 3. The number of aliphatic hydroxyl groups is 1. The van der Waals surface area contributed by atoms with Crippen LogP contribution in [0.3, 0.4) is 0 Å². The van der Waals surface area contributed by atoms with E-state index in [-0.39, 0.29) is 24.2 Å². The second kappa shape index (κ2) is 7.87. The molecule has 0 aromatic heterocycles. The van der Waals surface area contributed by atoms with E-state index in [0.29, 0.717) is 5.92 Å². The average molecular weight is 325 g/mol. The van der Waals surface area contributed by atoms with Crippen molar-refractivity contribution >= 4 is 6.09 Å². The van der Waals surface area contributed by atoms with Gasteiger partial charge in [-0.2, -0.15) is 0 Å². The van der Waals surface area contributed by atoms with Gasteiger partial charge in [-0.1, -0.05) is 19.8 Å². The van der Waals surface area contributed by atoms with Gasteiger partial charge in [0.25, 0.3) is 0 Å². The maximum absolute atomic E-state index is 12.6. The van der Waals surface area contributed by atoms with Crippen molar-refractivity contribution in [2.24, 2.45) is 11.8 Å². The fraction of sp³-hybridized carbons (Fsp3) is 0.947. The third kappa shape index (κ3) is 5.10. The molecule has 4 nitrogen and oxygen atoms in total. The van der Waals surface area contributed by atoms with Gasteiger partial charge < -0.3 is 14.7 Å². The first-order valence-electron chi connectivity index (χ1n) is 9.49. The highest BCUT2D eigenvalue weighted by Crippen LogP contribution is 2.38. The quantitative estimate of drug-likeness (QED) is 0.839. The number of carbonyl (C=O) groups excluding carboxylic acids is 1. The summed E-state index contributed by atoms with van der Waals surface area (Å²) in [5.74, 6) is 0.920. The molecule has 2 aliphatic rings. The number of nitrogens with zero attached hydrogens (tertiary/aromatic N) is 1. The Kier molecular flexibility index (Phi) is 6.35. The van der Waals surface area contributed by atoms with Crippen LogP contribution in [0.2, 0.25) is 0 Å². The van der Waals surface area contributed by atoms with Gasteiger partial charge in [-0.3, -0.25) is 0 Å². The van der Waals surface area contributed by atoms with Crippen molar-refractivity contribution in [3.05, 3.63) is 0 Å². The van der Waals surface area contributed by atoms with Gasteiger partial charge in [0.1, 0.15) is 5.60 Å². The van der Waals surface area contributed by atoms with E-state index in [4.69, 9.17) is 4.74 Å². The SMILES string of the molecule is CCCC1CCC(O)C(C2CCCCN2C(=O)OC(C)(C)C)C1. The minimum Gasteiger partial charge on any atom is -0.444 e. The Morgan fingerprint density at radius 2 is 1.96 bits per heavy atom. The molecule has 1 heterocycles. The van der Waals surface area contributed by atoms with Gasteiger partial charge in [0.05, 0.1) is 6.10 Å². The van der Waals surface area contributed by atoms with Crippen LogP contribution in [-0.4, -0.2) is 40.4 Å². The van der Waals surface area contributed by atoms with Gasteiger partial charge >= 0.3 is 6.09 Å². The fourth-order valence-corrected chi connectivity index (χ4v) is 4.31. The average Bonchev–Trinajstić information content (AvgIpc) is 2.48. The zero-order chi connectivity index (χ0) is 17.0. The minimum atomic E-state index is -0.463. The summed E-state index contributed by atoms with van der Waals surface area (Å²) in [6.07, 6.45) is 8.22. The van der Waals surface area contributed by atoms with Crippen molar-refractivity contribution in [1.29, 1.82) is 0 Å². The van der Waals surface area contributed by atoms with Crippen LogP contribution < -0.4 is 0 Å². The summed E-state index contributed by atoms with van der Waals surface area (Å²) in [4.78, 5) is 14.5. The van der Waals surface area contributed by atoms with Gasteiger partial charge in [-0.25, -0.2) is 4.79 Å². The Hall–Kier alpha value is -0.770. The number of hydrogen-bond donors (Lipinski definition) is 1. The standard InChI is InChI=1S/C19H35NO3/c1-5-8-14-10-11-17(21)15(13-14)16-9-6-7-12-20(16)18(22)23-19(2,3)4/h14-17,21H,5-13H2,1-4H3. The minimum absolute atomic E-state index is 0.147. The highest BCUT2D eigenvalue weighted by Gasteiger charge is 2.41. The van der Waals surface area contributed by atoms with Crippen LogP contribution in [0.15, 0.2) is 0 Å². The maximum Gasteiger partial charge on any atom is 0.410 e. The van der Waals surface area contributed by atoms with E-state index in [0.717, 1.165) is 45.1 Å². The number of likely N-dealkylation sites (tertiary alicyclic amines) is 1. The molecule has 4 unspecified atom stereocenters. The summed E-state index contributed by atoms with van der Waals surface area (Å²) in [7, 11) is 0. The van der Waals surface area contributed by atoms with E-state index in [1.165, 1.54) is 12.8 Å². The monoisotopic (exact) mass is 325 g/mol. The third-order valence-electron chi connectivity index (χ3n) is 5.34. The lowest BCUT2D eigenvalue weighted by Gasteiger charge is -2.45. The molecule has 1 amide bonds. The Morgan fingerprint density at radius 1 is 1.22 bits per heavy atom. The summed E-state index contributed by atoms with van der Waals surface area (Å²) in [6, 6.07) is 0.147. The molecule has 0 spiro atoms. The van der Waals surface area contributed by atoms with E-state index >= 15 is 0 Å². The maximum atomic E-state index is 12.6. The molecular weight excluding hydrogens is 290 g/mol. The van der Waals surface area contributed by atoms with Crippen molar-refractivity contribution < 1.29 is 14.6 Å². The number of ether oxygens (including phenoxy) is 1. The van der Waals surface area contributed by atoms with E-state index < -0.39 is 5.60 Å². The smallest absolute Gasteiger partial charge is 0.410 e. The van der Waals surface area contributed by atoms with Gasteiger partial charge in [-0.15, -0.1) is 0 Å². The van der Waals surface area contributed by atoms with Crippen molar-refractivity contribution in [2.75, 3.05) is 6.54 Å². The molecule has 134 valence electrons. The first kappa shape index (κ1) is 18.6. The summed E-state index contributed by atoms with van der Waals surface area (Å²) >= 11 is 0. The molecule has 1 N–H and O–H groups in total. The van der Waals surface area contributed by atoms with Crippen molar-refractivity contribution in [3.63, 3.8) is 0 Å². The largest absolute Gasteiger partial charge is 0.444 e. The van der Waals surface area contributed by atoms with Crippen molar-refractivity contribution in [3.8, 4) is 0 Å². The molecule has 1 aliphatic heterocycles. The van der Waals surface area contributed by atoms with Crippen LogP contribution in [0.5, 0.6) is 0 Å². The highest BCUT2D eigenvalue weighted by atomic mass is 16.6. The Bertz CT molecular complexity index is 391. The lowest BCUT2D eigenvalue weighted by Crippen LogP contribution is -2.53. The summed E-state index contributed by atoms with van der Waals surface area (Å²) in [5, 5.41) is 10.6. The molecule has 0 bridgehead atoms. The lowest BCUT2D eigenvalue weighted by molar-refractivity contribution is -0.0356. The molecule has 0 aromatic carbocycles. The molecule has 23 heavy (non-hydrogen) atoms. The molecule has 1 saturated heterocycles. The van der Waals surface area contributed by atoms with Gasteiger partial charge in [0, 0.05) is 18.5 Å². The molecular formula is C19H35NO3. The van der Waals surface area contributed by atoms with Gasteiger partial charge in [-0.05, 0) is 65.2 Å². The van der Waals surface area contributed by atoms with Crippen LogP contribution in [0.25, 0.3) is 0 Å². The summed E-state index contributed by atoms with van der Waals surface area (Å²) in [5.41, 5.74) is -0.463. The predicted molar refractivity (Wildman–Crippen MR) is 92.3 cm³/mol. The zero-order valence-corrected chi connectivity index (χ0v) is 15.4. The predicted octanol–water partition coefficient (Wildman–Crippen LogP) is 4.35. The molecule has 1 saturated carbocycles. The van der Waals surface area contributed by atoms with Crippen LogP contribution >= 0.6 is 0 Å². The molecule has 1 aliphatic carbocycles. The van der Waals surface area contributed by atoms with Gasteiger partial charge in [0.15, 0.2) is 0 Å². The molecule has 2 fully saturated rings. The van der Waals surface area contributed by atoms with Crippen LogP contribution in [0.1, 0.15) is 79.1 Å². The van der Waals surface area contributed by atoms with Crippen LogP contribution in [0, 0.1) is 11.8 Å². The summed E-state index contributed by atoms with van der Waals surface area (Å²) < 4.78 is 5.61. The third-order valence-corrected chi connectivity index (χ3v) is 5.34. The van der Waals surface area contributed by atoms with Crippen molar-refractivity contribution in [2.45, 2.75) is 96.8 Å². The topological polar surface area (TPSA) is 49.8 Å². The second-order valence-electron chi connectivity index (χ2n) is 8.44. The second-order valence-corrected chi connectivity index (χ2v) is 8.44. The Morgan fingerprint density at radius 3 is 2.61 bits per heavy atom. The van der Waals surface area contributed by atoms with Crippen LogP contribution in [0.4, 0.5) is 4.79 Å². The van der Waals surface area contributed by atoms with E-state index in [9.17, 15) is 9.90 Å². The van der Waals surface area contributed by atoms with Gasteiger partial charge in [0.2, 0.25) is 0 Å². The fourth-order valence-electron chi connectivity index (χ4n) is 4.31.